The maximum atomic E-state index is 12.2. The summed E-state index contributed by atoms with van der Waals surface area (Å²) in [4.78, 5) is 22.8. The minimum atomic E-state index is -0.559. The van der Waals surface area contributed by atoms with E-state index in [2.05, 4.69) is 37.2 Å². The van der Waals surface area contributed by atoms with Gasteiger partial charge in [-0.1, -0.05) is 15.9 Å². The van der Waals surface area contributed by atoms with Crippen LogP contribution in [0.1, 0.15) is 11.1 Å². The van der Waals surface area contributed by atoms with Gasteiger partial charge in [0.2, 0.25) is 0 Å². The van der Waals surface area contributed by atoms with Crippen molar-refractivity contribution >= 4 is 60.8 Å². The number of carbonyl (C=O) groups is 1. The zero-order chi connectivity index (χ0) is 16.7. The number of carbonyl (C=O) groups excluding carboxylic acids is 1. The molecule has 0 aromatic heterocycles. The number of amides is 1. The molecule has 1 aliphatic rings. The lowest BCUT2D eigenvalue weighted by atomic mass is 10.0. The number of nitrogens with one attached hydrogen (secondary N) is 1. The number of nitrogens with zero attached hydrogens (tertiary/aromatic N) is 1. The van der Waals surface area contributed by atoms with Crippen molar-refractivity contribution < 1.29 is 14.8 Å². The number of nitro benzene ring substituents is 1. The molecule has 2 aromatic carbocycles. The number of fused-ring (bicyclic) bond motifs is 1. The monoisotopic (exact) mass is 438 g/mol. The largest absolute Gasteiger partial charge is 0.508 e. The van der Waals surface area contributed by atoms with Gasteiger partial charge in [0.25, 0.3) is 11.6 Å². The molecule has 1 heterocycles. The third-order valence-corrected chi connectivity index (χ3v) is 4.42. The van der Waals surface area contributed by atoms with Crippen LogP contribution in [0.5, 0.6) is 5.75 Å². The maximum absolute atomic E-state index is 12.2. The van der Waals surface area contributed by atoms with Crippen LogP contribution in [0, 0.1) is 10.1 Å². The average Bonchev–Trinajstić information content (AvgIpc) is 2.76. The van der Waals surface area contributed by atoms with E-state index in [-0.39, 0.29) is 28.5 Å². The average molecular weight is 440 g/mol. The van der Waals surface area contributed by atoms with Crippen molar-refractivity contribution in [2.75, 3.05) is 5.32 Å². The quantitative estimate of drug-likeness (QED) is 0.414. The molecular weight excluding hydrogens is 432 g/mol. The first-order chi connectivity index (χ1) is 10.9. The molecule has 8 heteroatoms. The fourth-order valence-electron chi connectivity index (χ4n) is 2.34. The molecule has 0 radical (unpaired) electrons. The van der Waals surface area contributed by atoms with Crippen molar-refractivity contribution in [3.8, 4) is 5.75 Å². The van der Waals surface area contributed by atoms with Gasteiger partial charge in [0, 0.05) is 26.1 Å². The van der Waals surface area contributed by atoms with Crippen LogP contribution in [0.2, 0.25) is 0 Å². The van der Waals surface area contributed by atoms with Gasteiger partial charge in [-0.2, -0.15) is 0 Å². The smallest absolute Gasteiger partial charge is 0.276 e. The number of benzene rings is 2. The Morgan fingerprint density at radius 1 is 1.22 bits per heavy atom. The summed E-state index contributed by atoms with van der Waals surface area (Å²) in [5, 5.41) is 23.4. The summed E-state index contributed by atoms with van der Waals surface area (Å²) in [5.74, 6) is -0.479. The van der Waals surface area contributed by atoms with Gasteiger partial charge in [-0.25, -0.2) is 0 Å². The van der Waals surface area contributed by atoms with E-state index in [0.29, 0.717) is 15.7 Å². The number of halogens is 2. The number of phenols is 1. The molecule has 0 fully saturated rings. The number of rotatable bonds is 2. The van der Waals surface area contributed by atoms with E-state index in [1.54, 1.807) is 12.1 Å². The first kappa shape index (κ1) is 15.7. The first-order valence-electron chi connectivity index (χ1n) is 6.36. The van der Waals surface area contributed by atoms with Gasteiger partial charge >= 0.3 is 0 Å². The highest BCUT2D eigenvalue weighted by molar-refractivity contribution is 9.11. The number of hydrogen-bond acceptors (Lipinski definition) is 4. The molecule has 0 atom stereocenters. The van der Waals surface area contributed by atoms with E-state index < -0.39 is 4.92 Å². The summed E-state index contributed by atoms with van der Waals surface area (Å²) in [6, 6.07) is 7.23. The Balaban J connectivity index is 2.21. The summed E-state index contributed by atoms with van der Waals surface area (Å²) in [6.45, 7) is 0. The highest BCUT2D eigenvalue weighted by atomic mass is 79.9. The van der Waals surface area contributed by atoms with Gasteiger partial charge in [-0.3, -0.25) is 14.9 Å². The lowest BCUT2D eigenvalue weighted by Gasteiger charge is -2.03. The summed E-state index contributed by atoms with van der Waals surface area (Å²) in [5.41, 5.74) is 1.48. The van der Waals surface area contributed by atoms with Crippen molar-refractivity contribution in [1.29, 1.82) is 0 Å². The van der Waals surface area contributed by atoms with Crippen molar-refractivity contribution in [2.45, 2.75) is 0 Å². The standard InChI is InChI=1S/C15H8Br2N2O4/c16-8-5-10-11(15(21)18-14(10)12(17)6-8)4-7-3-9(20)1-2-13(7)19(22)23/h1-6,20H,(H,18,21). The Morgan fingerprint density at radius 2 is 1.96 bits per heavy atom. The van der Waals surface area contributed by atoms with Gasteiger partial charge in [-0.05, 0) is 46.3 Å². The fraction of sp³-hybridized carbons (Fsp3) is 0. The van der Waals surface area contributed by atoms with Crippen molar-refractivity contribution in [2.24, 2.45) is 0 Å². The van der Waals surface area contributed by atoms with Crippen LogP contribution in [-0.2, 0) is 4.79 Å². The van der Waals surface area contributed by atoms with Crippen LogP contribution in [0.4, 0.5) is 11.4 Å². The highest BCUT2D eigenvalue weighted by Gasteiger charge is 2.27. The molecule has 2 N–H and O–H groups in total. The zero-order valence-corrected chi connectivity index (χ0v) is 14.5. The van der Waals surface area contributed by atoms with Gasteiger partial charge in [0.15, 0.2) is 0 Å². The Kier molecular flexibility index (Phi) is 3.95. The van der Waals surface area contributed by atoms with Gasteiger partial charge in [-0.15, -0.1) is 0 Å². The molecule has 0 unspecified atom stereocenters. The van der Waals surface area contributed by atoms with Crippen LogP contribution in [0.25, 0.3) is 11.6 Å². The Hall–Kier alpha value is -2.19. The number of aromatic hydroxyl groups is 1. The van der Waals surface area contributed by atoms with Crippen molar-refractivity contribution in [3.63, 3.8) is 0 Å². The summed E-state index contributed by atoms with van der Waals surface area (Å²) in [6.07, 6.45) is 1.40. The predicted molar refractivity (Wildman–Crippen MR) is 93.1 cm³/mol. The van der Waals surface area contributed by atoms with Crippen LogP contribution < -0.4 is 5.32 Å². The van der Waals surface area contributed by atoms with E-state index in [0.717, 1.165) is 4.47 Å². The molecular formula is C15H8Br2N2O4. The van der Waals surface area contributed by atoms with Crippen LogP contribution in [0.3, 0.4) is 0 Å². The van der Waals surface area contributed by atoms with E-state index in [1.165, 1.54) is 24.3 Å². The van der Waals surface area contributed by atoms with Crippen LogP contribution in [0.15, 0.2) is 39.3 Å². The molecule has 2 aromatic rings. The Bertz CT molecular complexity index is 893. The summed E-state index contributed by atoms with van der Waals surface area (Å²) >= 11 is 6.72. The zero-order valence-electron chi connectivity index (χ0n) is 11.3. The summed E-state index contributed by atoms with van der Waals surface area (Å²) < 4.78 is 1.46. The second-order valence-corrected chi connectivity index (χ2v) is 6.59. The molecule has 6 nitrogen and oxygen atoms in total. The number of nitro groups is 1. The lowest BCUT2D eigenvalue weighted by molar-refractivity contribution is -0.385. The molecule has 23 heavy (non-hydrogen) atoms. The predicted octanol–water partition coefficient (Wildman–Crippen LogP) is 4.32. The molecule has 0 saturated heterocycles. The number of anilines is 1. The minimum Gasteiger partial charge on any atom is -0.508 e. The first-order valence-corrected chi connectivity index (χ1v) is 7.95. The second-order valence-electron chi connectivity index (χ2n) is 4.82. The van der Waals surface area contributed by atoms with E-state index >= 15 is 0 Å². The molecule has 0 aliphatic carbocycles. The third-order valence-electron chi connectivity index (χ3n) is 3.34. The van der Waals surface area contributed by atoms with Gasteiger partial charge in [0.05, 0.1) is 16.2 Å². The van der Waals surface area contributed by atoms with Gasteiger partial charge in [0.1, 0.15) is 5.75 Å². The topological polar surface area (TPSA) is 92.5 Å². The van der Waals surface area contributed by atoms with E-state index in [9.17, 15) is 20.0 Å². The SMILES string of the molecule is O=C1Nc2c(Br)cc(Br)cc2C1=Cc1cc(O)ccc1[N+](=O)[O-]. The highest BCUT2D eigenvalue weighted by Crippen LogP contribution is 2.41. The van der Waals surface area contributed by atoms with Crippen LogP contribution in [-0.4, -0.2) is 15.9 Å². The van der Waals surface area contributed by atoms with E-state index in [1.807, 2.05) is 0 Å². The number of phenolic OH excluding ortho intramolecular Hbond substituents is 1. The third kappa shape index (κ3) is 2.87. The lowest BCUT2D eigenvalue weighted by Crippen LogP contribution is -2.04. The molecule has 0 spiro atoms. The Morgan fingerprint density at radius 3 is 2.65 bits per heavy atom. The number of hydrogen-bond donors (Lipinski definition) is 2. The molecule has 0 bridgehead atoms. The fourth-order valence-corrected chi connectivity index (χ4v) is 3.66. The van der Waals surface area contributed by atoms with Crippen molar-refractivity contribution in [1.82, 2.24) is 0 Å². The minimum absolute atomic E-state index is 0.114. The summed E-state index contributed by atoms with van der Waals surface area (Å²) in [7, 11) is 0. The maximum Gasteiger partial charge on any atom is 0.276 e. The molecule has 1 aliphatic heterocycles. The normalized spacial score (nSPS) is 14.7. The van der Waals surface area contributed by atoms with E-state index in [4.69, 9.17) is 0 Å². The van der Waals surface area contributed by atoms with Crippen molar-refractivity contribution in [3.05, 3.63) is 60.5 Å². The molecule has 3 rings (SSSR count). The molecule has 0 saturated carbocycles. The molecule has 1 amide bonds. The van der Waals surface area contributed by atoms with Crippen LogP contribution >= 0.6 is 31.9 Å². The molecule has 116 valence electrons. The van der Waals surface area contributed by atoms with Gasteiger partial charge < -0.3 is 10.4 Å². The Labute approximate surface area is 147 Å². The second kappa shape index (κ2) is 5.78.